The Kier molecular flexibility index (Phi) is 4.85. The zero-order chi connectivity index (χ0) is 14.8. The van der Waals surface area contributed by atoms with Crippen LogP contribution in [0.3, 0.4) is 0 Å². The van der Waals surface area contributed by atoms with Gasteiger partial charge in [0.05, 0.1) is 15.1 Å². The summed E-state index contributed by atoms with van der Waals surface area (Å²) in [6.45, 7) is 6.41. The molecule has 0 atom stereocenters. The van der Waals surface area contributed by atoms with Gasteiger partial charge in [-0.25, -0.2) is 4.99 Å². The van der Waals surface area contributed by atoms with Crippen molar-refractivity contribution < 1.29 is 0 Å². The van der Waals surface area contributed by atoms with Crippen LogP contribution in [0.1, 0.15) is 13.8 Å². The number of rotatable bonds is 4. The van der Waals surface area contributed by atoms with Gasteiger partial charge in [-0.1, -0.05) is 53.6 Å². The molecule has 2 nitrogen and oxygen atoms in total. The van der Waals surface area contributed by atoms with E-state index in [-0.39, 0.29) is 0 Å². The van der Waals surface area contributed by atoms with Crippen molar-refractivity contribution in [2.45, 2.75) is 13.8 Å². The van der Waals surface area contributed by atoms with Crippen LogP contribution in [0.5, 0.6) is 0 Å². The lowest BCUT2D eigenvalue weighted by molar-refractivity contribution is 0.866. The van der Waals surface area contributed by atoms with E-state index in [2.05, 4.69) is 43.0 Å². The van der Waals surface area contributed by atoms with Crippen molar-refractivity contribution in [3.05, 3.63) is 32.8 Å². The molecule has 0 fully saturated rings. The van der Waals surface area contributed by atoms with Gasteiger partial charge in [0.25, 0.3) is 0 Å². The Morgan fingerprint density at radius 1 is 0.952 bits per heavy atom. The lowest BCUT2D eigenvalue weighted by Gasteiger charge is -2.20. The normalized spacial score (nSPS) is 12.2. The SMILES string of the molecule is CCN(CC)c1ccc(N=c2ssc3c(=S)ssc23)cc1. The minimum absolute atomic E-state index is 0.995. The fourth-order valence-corrected chi connectivity index (χ4v) is 8.59. The molecule has 2 heterocycles. The van der Waals surface area contributed by atoms with Gasteiger partial charge < -0.3 is 4.90 Å². The van der Waals surface area contributed by atoms with Crippen molar-refractivity contribution in [1.82, 2.24) is 0 Å². The maximum Gasteiger partial charge on any atom is 0.146 e. The van der Waals surface area contributed by atoms with E-state index in [1.807, 2.05) is 0 Å². The molecule has 0 N–H and O–H groups in total. The molecule has 0 radical (unpaired) electrons. The molecule has 0 unspecified atom stereocenters. The maximum atomic E-state index is 5.34. The van der Waals surface area contributed by atoms with Gasteiger partial charge >= 0.3 is 0 Å². The first-order chi connectivity index (χ1) is 10.2. The average Bonchev–Trinajstić information content (AvgIpc) is 3.06. The molecule has 3 rings (SSSR count). The predicted molar refractivity (Wildman–Crippen MR) is 102 cm³/mol. The molecule has 0 aliphatic heterocycles. The monoisotopic (exact) mass is 370 g/mol. The number of hydrogen-bond acceptors (Lipinski definition) is 7. The largest absolute Gasteiger partial charge is 0.372 e. The first-order valence-corrected chi connectivity index (χ1v) is 11.4. The summed E-state index contributed by atoms with van der Waals surface area (Å²) < 4.78 is 4.55. The number of nitrogens with zero attached hydrogens (tertiary/aromatic N) is 2. The topological polar surface area (TPSA) is 15.6 Å². The van der Waals surface area contributed by atoms with Crippen LogP contribution >= 0.6 is 53.6 Å². The molecule has 0 amide bonds. The number of fused-ring (bicyclic) bond motifs is 1. The van der Waals surface area contributed by atoms with Gasteiger partial charge in [-0.2, -0.15) is 0 Å². The third-order valence-electron chi connectivity index (χ3n) is 3.20. The molecular weight excluding hydrogens is 357 g/mol. The number of hydrogen-bond donors (Lipinski definition) is 0. The van der Waals surface area contributed by atoms with Gasteiger partial charge in [0.2, 0.25) is 0 Å². The highest BCUT2D eigenvalue weighted by Gasteiger charge is 2.06. The third kappa shape index (κ3) is 3.12. The summed E-state index contributed by atoms with van der Waals surface area (Å²) >= 11 is 5.34. The van der Waals surface area contributed by atoms with E-state index in [0.29, 0.717) is 0 Å². The van der Waals surface area contributed by atoms with E-state index in [0.717, 1.165) is 27.3 Å². The molecule has 0 spiro atoms. The van der Waals surface area contributed by atoms with E-state index >= 15 is 0 Å². The van der Waals surface area contributed by atoms with Crippen LogP contribution in [0.4, 0.5) is 11.4 Å². The van der Waals surface area contributed by atoms with Crippen LogP contribution in [-0.2, 0) is 0 Å². The van der Waals surface area contributed by atoms with E-state index in [4.69, 9.17) is 17.2 Å². The first kappa shape index (κ1) is 15.3. The average molecular weight is 371 g/mol. The highest BCUT2D eigenvalue weighted by Crippen LogP contribution is 2.31. The molecule has 1 aromatic carbocycles. The summed E-state index contributed by atoms with van der Waals surface area (Å²) in [7, 11) is 6.86. The molecule has 110 valence electrons. The smallest absolute Gasteiger partial charge is 0.146 e. The standard InChI is InChI=1S/C14H14N2S5/c1-3-16(4-2)10-7-5-9(6-8-10)15-13-11-12(19-20-13)14(17)21-18-11/h5-8H,3-4H2,1-2H3. The van der Waals surface area contributed by atoms with Crippen molar-refractivity contribution in [1.29, 1.82) is 0 Å². The Morgan fingerprint density at radius 2 is 1.62 bits per heavy atom. The highest BCUT2D eigenvalue weighted by atomic mass is 32.9. The second-order valence-corrected chi connectivity index (χ2v) is 9.33. The van der Waals surface area contributed by atoms with Crippen LogP contribution in [0.15, 0.2) is 29.3 Å². The first-order valence-electron chi connectivity index (χ1n) is 6.64. The zero-order valence-corrected chi connectivity index (χ0v) is 15.7. The minimum Gasteiger partial charge on any atom is -0.372 e. The molecule has 0 aliphatic rings. The molecule has 21 heavy (non-hydrogen) atoms. The molecule has 0 saturated carbocycles. The number of benzene rings is 1. The second kappa shape index (κ2) is 6.66. The van der Waals surface area contributed by atoms with Crippen molar-refractivity contribution in [2.24, 2.45) is 4.99 Å². The summed E-state index contributed by atoms with van der Waals surface area (Å²) in [6.07, 6.45) is 0. The van der Waals surface area contributed by atoms with Crippen molar-refractivity contribution in [3.63, 3.8) is 0 Å². The number of anilines is 1. The molecule has 0 aliphatic carbocycles. The fourth-order valence-electron chi connectivity index (χ4n) is 2.08. The second-order valence-electron chi connectivity index (χ2n) is 4.38. The summed E-state index contributed by atoms with van der Waals surface area (Å²) in [5, 5.41) is 0. The van der Waals surface area contributed by atoms with Crippen LogP contribution in [0, 0.1) is 3.82 Å². The van der Waals surface area contributed by atoms with E-state index in [9.17, 15) is 0 Å². The molecule has 2 aromatic heterocycles. The van der Waals surface area contributed by atoms with Crippen LogP contribution in [-0.4, -0.2) is 13.1 Å². The predicted octanol–water partition coefficient (Wildman–Crippen LogP) is 5.89. The van der Waals surface area contributed by atoms with Crippen molar-refractivity contribution in [2.75, 3.05) is 18.0 Å². The summed E-state index contributed by atoms with van der Waals surface area (Å²) in [6, 6.07) is 8.48. The Labute approximate surface area is 143 Å². The molecule has 0 bridgehead atoms. The molecule has 3 aromatic rings. The maximum absolute atomic E-state index is 5.34. The highest BCUT2D eigenvalue weighted by molar-refractivity contribution is 7.84. The van der Waals surface area contributed by atoms with Gasteiger partial charge in [-0.05, 0) is 38.1 Å². The van der Waals surface area contributed by atoms with Crippen molar-refractivity contribution in [3.8, 4) is 0 Å². The summed E-state index contributed by atoms with van der Waals surface area (Å²) in [5.74, 6) is 0. The van der Waals surface area contributed by atoms with E-state index < -0.39 is 0 Å². The minimum atomic E-state index is 0.995. The molecule has 7 heteroatoms. The molecule has 0 saturated heterocycles. The fraction of sp³-hybridized carbons (Fsp3) is 0.286. The van der Waals surface area contributed by atoms with Gasteiger partial charge in [0.15, 0.2) is 0 Å². The lowest BCUT2D eigenvalue weighted by atomic mass is 10.2. The lowest BCUT2D eigenvalue weighted by Crippen LogP contribution is -2.21. The van der Waals surface area contributed by atoms with E-state index in [1.54, 1.807) is 41.4 Å². The van der Waals surface area contributed by atoms with Crippen LogP contribution in [0.2, 0.25) is 0 Å². The zero-order valence-electron chi connectivity index (χ0n) is 11.7. The van der Waals surface area contributed by atoms with Crippen molar-refractivity contribution >= 4 is 74.4 Å². The van der Waals surface area contributed by atoms with Gasteiger partial charge in [-0.3, -0.25) is 0 Å². The van der Waals surface area contributed by atoms with Crippen LogP contribution < -0.4 is 9.57 Å². The Hall–Kier alpha value is -0.600. The summed E-state index contributed by atoms with van der Waals surface area (Å²) in [5.41, 5.74) is 2.26. The molecular formula is C14H14N2S5. The Balaban J connectivity index is 1.98. The quantitative estimate of drug-likeness (QED) is 0.420. The Morgan fingerprint density at radius 3 is 2.29 bits per heavy atom. The van der Waals surface area contributed by atoms with Crippen LogP contribution in [0.25, 0.3) is 9.40 Å². The Bertz CT molecular complexity index is 846. The van der Waals surface area contributed by atoms with Gasteiger partial charge in [0, 0.05) is 18.8 Å². The van der Waals surface area contributed by atoms with Gasteiger partial charge in [0.1, 0.15) is 8.49 Å². The third-order valence-corrected chi connectivity index (χ3v) is 9.07. The van der Waals surface area contributed by atoms with Gasteiger partial charge in [-0.15, -0.1) is 0 Å². The summed E-state index contributed by atoms with van der Waals surface area (Å²) in [4.78, 5) is 7.11. The van der Waals surface area contributed by atoms with E-state index in [1.165, 1.54) is 15.1 Å².